The summed E-state index contributed by atoms with van der Waals surface area (Å²) < 4.78 is 9.50. The van der Waals surface area contributed by atoms with Gasteiger partial charge < -0.3 is 9.13 Å². The predicted molar refractivity (Wildman–Crippen MR) is 528 cm³/mol. The number of aromatic nitrogens is 10. The number of nitrogens with zero attached hydrogens (tertiary/aromatic N) is 10. The fraction of sp³-hybridized carbons (Fsp3) is 0. The van der Waals surface area contributed by atoms with Gasteiger partial charge in [0.15, 0.2) is 23.3 Å². The molecule has 25 rings (SSSR count). The van der Waals surface area contributed by atoms with Crippen molar-refractivity contribution in [2.45, 2.75) is 0 Å². The van der Waals surface area contributed by atoms with Crippen LogP contribution in [-0.4, -0.2) is 48.2 Å². The van der Waals surface area contributed by atoms with Gasteiger partial charge in [0.25, 0.3) is 0 Å². The molecule has 0 amide bonds. The summed E-state index contributed by atoms with van der Waals surface area (Å²) in [5.41, 5.74) is 29.3. The molecule has 0 unspecified atom stereocenters. The van der Waals surface area contributed by atoms with E-state index in [1.165, 1.54) is 11.1 Å². The van der Waals surface area contributed by atoms with Gasteiger partial charge in [-0.05, 0) is 150 Å². The summed E-state index contributed by atoms with van der Waals surface area (Å²) in [6.07, 6.45) is 0. The molecule has 0 fully saturated rings. The van der Waals surface area contributed by atoms with Crippen LogP contribution in [0.3, 0.4) is 0 Å². The minimum absolute atomic E-state index is 0.510. The third-order valence-corrected chi connectivity index (χ3v) is 25.5. The average molecular weight is 1630 g/mol. The second kappa shape index (κ2) is 30.3. The lowest BCUT2D eigenvalue weighted by Gasteiger charge is -2.16. The quantitative estimate of drug-likeness (QED) is 0.101. The second-order valence-corrected chi connectivity index (χ2v) is 32.9. The molecule has 0 aliphatic heterocycles. The first-order valence-corrected chi connectivity index (χ1v) is 43.4. The predicted octanol–water partition coefficient (Wildman–Crippen LogP) is 29.9. The molecule has 0 N–H and O–H groups in total. The van der Waals surface area contributed by atoms with Crippen LogP contribution in [0, 0.1) is 0 Å². The largest absolute Gasteiger partial charge is 0.307 e. The van der Waals surface area contributed by atoms with Gasteiger partial charge in [0, 0.05) is 76.5 Å². The Hall–Kier alpha value is -17.3. The van der Waals surface area contributed by atoms with Crippen LogP contribution in [-0.2, 0) is 0 Å². The number of benzene rings is 19. The van der Waals surface area contributed by atoms with E-state index >= 15 is 0 Å². The molecule has 0 atom stereocenters. The molecule has 25 aromatic rings. The first-order valence-electron chi connectivity index (χ1n) is 43.4. The van der Waals surface area contributed by atoms with Gasteiger partial charge in [0.1, 0.15) is 0 Å². The zero-order valence-electron chi connectivity index (χ0n) is 69.2. The second-order valence-electron chi connectivity index (χ2n) is 32.9. The highest BCUT2D eigenvalue weighted by Crippen LogP contribution is 2.48. The molecule has 6 heterocycles. The molecule has 0 saturated heterocycles. The van der Waals surface area contributed by atoms with E-state index < -0.39 is 0 Å². The minimum atomic E-state index is 0.510. The molecule has 10 nitrogen and oxygen atoms in total. The molecule has 0 aliphatic rings. The zero-order valence-corrected chi connectivity index (χ0v) is 69.2. The standard InChI is InChI=1S/C118H74N10/c1-5-29-75(30-6-1)82-37-25-38-83(69-82)77-57-61-81(62-58-77)114-119-113(80-35-11-4-12-36-80)121-117(122-114)127-107-55-23-17-49-97(107)102-68-66-100-96-48-16-22-54-106(96)126(110(100)112(102)127)104-52-20-14-46-94(104)89-42-26-40-85(70-89)87-63-59-78-60-64-88(74-92(78)73-87)86-41-28-44-91(72-86)116-120-115(90-43-27-39-84(71-90)76-31-7-2-8-32-76)123-118(124-116)128-108-56-24-18-50-98(108)101-67-65-99-95-47-15-21-53-105(95)125(109(99)111(101)128)103-51-19-13-45-93(103)79-33-9-3-10-34-79/h1-74H. The fourth-order valence-corrected chi connectivity index (χ4v) is 19.5. The van der Waals surface area contributed by atoms with Crippen molar-refractivity contribution in [3.05, 3.63) is 449 Å². The van der Waals surface area contributed by atoms with E-state index in [0.717, 1.165) is 198 Å². The molecule has 596 valence electrons. The maximum absolute atomic E-state index is 5.68. The van der Waals surface area contributed by atoms with Crippen molar-refractivity contribution in [1.29, 1.82) is 0 Å². The Morgan fingerprint density at radius 1 is 0.141 bits per heavy atom. The monoisotopic (exact) mass is 1630 g/mol. The van der Waals surface area contributed by atoms with Gasteiger partial charge in [-0.3, -0.25) is 9.13 Å². The van der Waals surface area contributed by atoms with Gasteiger partial charge in [0.2, 0.25) is 11.9 Å². The molecule has 0 saturated carbocycles. The zero-order chi connectivity index (χ0) is 84.3. The highest BCUT2D eigenvalue weighted by atomic mass is 15.2. The molecule has 6 aromatic heterocycles. The number of rotatable bonds is 15. The summed E-state index contributed by atoms with van der Waals surface area (Å²) in [4.78, 5) is 33.2. The van der Waals surface area contributed by atoms with Gasteiger partial charge in [0.05, 0.1) is 55.5 Å². The summed E-state index contributed by atoms with van der Waals surface area (Å²) in [6, 6.07) is 161. The van der Waals surface area contributed by atoms with E-state index in [4.69, 9.17) is 29.9 Å². The molecule has 10 heteroatoms. The molecule has 19 aromatic carbocycles. The molecule has 0 aliphatic carbocycles. The van der Waals surface area contributed by atoms with Gasteiger partial charge in [-0.15, -0.1) is 0 Å². The van der Waals surface area contributed by atoms with Crippen molar-refractivity contribution in [1.82, 2.24) is 48.2 Å². The Balaban J connectivity index is 0.603. The van der Waals surface area contributed by atoms with Gasteiger partial charge in [-0.25, -0.2) is 9.97 Å². The van der Waals surface area contributed by atoms with Crippen LogP contribution in [0.1, 0.15) is 0 Å². The van der Waals surface area contributed by atoms with Crippen molar-refractivity contribution in [2.75, 3.05) is 0 Å². The average Bonchev–Trinajstić information content (AvgIpc) is 1.54. The first-order chi connectivity index (χ1) is 63.5. The van der Waals surface area contributed by atoms with E-state index in [-0.39, 0.29) is 0 Å². The van der Waals surface area contributed by atoms with E-state index in [9.17, 15) is 0 Å². The molecule has 0 bridgehead atoms. The number of hydrogen-bond acceptors (Lipinski definition) is 6. The van der Waals surface area contributed by atoms with Crippen molar-refractivity contribution in [3.63, 3.8) is 0 Å². The summed E-state index contributed by atoms with van der Waals surface area (Å²) in [7, 11) is 0. The third kappa shape index (κ3) is 12.4. The van der Waals surface area contributed by atoms with Crippen molar-refractivity contribution < 1.29 is 0 Å². The van der Waals surface area contributed by atoms with Crippen LogP contribution < -0.4 is 0 Å². The Labute approximate surface area is 736 Å². The Morgan fingerprint density at radius 3 is 0.820 bits per heavy atom. The smallest absolute Gasteiger partial charge is 0.238 e. The molecule has 0 radical (unpaired) electrons. The van der Waals surface area contributed by atoms with Crippen molar-refractivity contribution >= 4 is 98.0 Å². The van der Waals surface area contributed by atoms with Crippen LogP contribution in [0.2, 0.25) is 0 Å². The lowest BCUT2D eigenvalue weighted by molar-refractivity contribution is 0.953. The highest BCUT2D eigenvalue weighted by Gasteiger charge is 2.29. The normalized spacial score (nSPS) is 11.8. The molecule has 128 heavy (non-hydrogen) atoms. The van der Waals surface area contributed by atoms with E-state index in [1.807, 2.05) is 18.2 Å². The molecular formula is C118H74N10. The fourth-order valence-electron chi connectivity index (χ4n) is 19.5. The van der Waals surface area contributed by atoms with Gasteiger partial charge in [-0.1, -0.05) is 376 Å². The van der Waals surface area contributed by atoms with Gasteiger partial charge in [-0.2, -0.15) is 19.9 Å². The lowest BCUT2D eigenvalue weighted by Crippen LogP contribution is -2.07. The maximum atomic E-state index is 5.68. The highest BCUT2D eigenvalue weighted by molar-refractivity contribution is 6.26. The van der Waals surface area contributed by atoms with E-state index in [2.05, 4.69) is 449 Å². The summed E-state index contributed by atoms with van der Waals surface area (Å²) >= 11 is 0. The topological polar surface area (TPSA) is 97.1 Å². The molecular weight excluding hydrogens is 1560 g/mol. The summed E-state index contributed by atoms with van der Waals surface area (Å²) in [6.45, 7) is 0. The van der Waals surface area contributed by atoms with Crippen LogP contribution in [0.25, 0.3) is 245 Å². The van der Waals surface area contributed by atoms with Gasteiger partial charge >= 0.3 is 0 Å². The number of hydrogen-bond donors (Lipinski definition) is 0. The third-order valence-electron chi connectivity index (χ3n) is 25.5. The SMILES string of the molecule is c1ccc(-c2cccc(-c3ccc(-c4nc(-c5ccccc5)nc(-n5c6ccccc6c6ccc7c8ccccc8n(-c8ccccc8-c8cccc(-c9ccc%10ccc(-c%11cccc(-c%12nc(-c%13cccc(-c%14ccccc%14)c%13)nc(-n%13c%14ccccc%14c%14ccc%15c%16ccccc%16n(-c%16ccccc%16-c%16ccccc%16)c%15c%14%13)n%12)c%11)cc%10c9)c8)c7c65)n4)cc3)c2)cc1. The summed E-state index contributed by atoms with van der Waals surface area (Å²) in [5, 5.41) is 11.1. The van der Waals surface area contributed by atoms with Crippen LogP contribution >= 0.6 is 0 Å². The summed E-state index contributed by atoms with van der Waals surface area (Å²) in [5.74, 6) is 3.30. The van der Waals surface area contributed by atoms with Crippen molar-refractivity contribution in [3.8, 4) is 147 Å². The Morgan fingerprint density at radius 2 is 0.398 bits per heavy atom. The Kier molecular flexibility index (Phi) is 17.4. The molecule has 0 spiro atoms. The lowest BCUT2D eigenvalue weighted by atomic mass is 9.95. The van der Waals surface area contributed by atoms with Crippen LogP contribution in [0.15, 0.2) is 449 Å². The maximum Gasteiger partial charge on any atom is 0.238 e. The minimum Gasteiger partial charge on any atom is -0.307 e. The first kappa shape index (κ1) is 73.4. The number of para-hydroxylation sites is 6. The van der Waals surface area contributed by atoms with Crippen LogP contribution in [0.5, 0.6) is 0 Å². The van der Waals surface area contributed by atoms with E-state index in [0.29, 0.717) is 35.2 Å². The Bertz CT molecular complexity index is 8750. The number of fused-ring (bicyclic) bond motifs is 15. The van der Waals surface area contributed by atoms with Crippen LogP contribution in [0.4, 0.5) is 0 Å². The van der Waals surface area contributed by atoms with E-state index in [1.54, 1.807) is 0 Å². The van der Waals surface area contributed by atoms with Crippen molar-refractivity contribution in [2.24, 2.45) is 0 Å².